The lowest BCUT2D eigenvalue weighted by molar-refractivity contribution is 0.0560. The minimum absolute atomic E-state index is 0.0462. The van der Waals surface area contributed by atoms with Crippen molar-refractivity contribution in [3.05, 3.63) is 57.7 Å². The summed E-state index contributed by atoms with van der Waals surface area (Å²) in [4.78, 5) is 28.8. The normalized spacial score (nSPS) is 13.9. The molecule has 0 radical (unpaired) electrons. The van der Waals surface area contributed by atoms with Crippen molar-refractivity contribution in [2.24, 2.45) is 4.99 Å². The lowest BCUT2D eigenvalue weighted by atomic mass is 10.0. The number of aliphatic imine (C=N–C) groups is 1. The standard InChI is InChI=1S/C30H38Cl2N6O4/c1-29(2,3)41-27(39)36-26(37-28(40)42-30(4,5)6)34-13-14-38-24-10-8-18(35-19-7-9-22(31)23(32)16-19)15-21(24)20-11-12-33-17-25(20)38/h7-10,15-16,33,35H,11-14,17H2,1-6H3,(H2,34,36,37,39,40). The summed E-state index contributed by atoms with van der Waals surface area (Å²) >= 11 is 12.3. The third-order valence-corrected chi connectivity index (χ3v) is 6.92. The molecule has 42 heavy (non-hydrogen) atoms. The summed E-state index contributed by atoms with van der Waals surface area (Å²) in [6.07, 6.45) is -0.656. The molecule has 10 nitrogen and oxygen atoms in total. The van der Waals surface area contributed by atoms with Crippen LogP contribution in [-0.2, 0) is 29.0 Å². The Morgan fingerprint density at radius 2 is 1.67 bits per heavy atom. The molecule has 226 valence electrons. The Kier molecular flexibility index (Phi) is 9.60. The lowest BCUT2D eigenvalue weighted by Gasteiger charge is -2.21. The first-order valence-corrected chi connectivity index (χ1v) is 14.6. The molecule has 0 spiro atoms. The Morgan fingerprint density at radius 1 is 0.976 bits per heavy atom. The molecule has 0 aliphatic carbocycles. The van der Waals surface area contributed by atoms with E-state index in [1.54, 1.807) is 53.7 Å². The average Bonchev–Trinajstić information content (AvgIpc) is 3.17. The van der Waals surface area contributed by atoms with Gasteiger partial charge in [0.2, 0.25) is 5.96 Å². The van der Waals surface area contributed by atoms with E-state index in [9.17, 15) is 9.59 Å². The van der Waals surface area contributed by atoms with Crippen molar-refractivity contribution in [3.63, 3.8) is 0 Å². The topological polar surface area (TPSA) is 118 Å². The Hall–Kier alpha value is -3.47. The molecule has 4 rings (SSSR count). The molecule has 2 heterocycles. The van der Waals surface area contributed by atoms with Crippen LogP contribution in [-0.4, -0.2) is 47.0 Å². The number of ether oxygens (including phenoxy) is 2. The van der Waals surface area contributed by atoms with Crippen LogP contribution in [0, 0.1) is 0 Å². The summed E-state index contributed by atoms with van der Waals surface area (Å²) in [5, 5.41) is 14.6. The van der Waals surface area contributed by atoms with Crippen LogP contribution in [0.2, 0.25) is 10.0 Å². The average molecular weight is 618 g/mol. The van der Waals surface area contributed by atoms with Crippen molar-refractivity contribution in [3.8, 4) is 0 Å². The summed E-state index contributed by atoms with van der Waals surface area (Å²) in [6, 6.07) is 11.7. The van der Waals surface area contributed by atoms with Crippen LogP contribution in [0.5, 0.6) is 0 Å². The van der Waals surface area contributed by atoms with Crippen LogP contribution in [0.1, 0.15) is 52.8 Å². The summed E-state index contributed by atoms with van der Waals surface area (Å²) in [5.41, 5.74) is 3.89. The fourth-order valence-corrected chi connectivity index (χ4v) is 4.92. The van der Waals surface area contributed by atoms with Gasteiger partial charge in [-0.05, 0) is 96.5 Å². The zero-order valence-corrected chi connectivity index (χ0v) is 26.3. The number of halogens is 2. The molecule has 12 heteroatoms. The van der Waals surface area contributed by atoms with E-state index >= 15 is 0 Å². The second-order valence-corrected chi connectivity index (χ2v) is 12.8. The van der Waals surface area contributed by atoms with E-state index in [4.69, 9.17) is 32.7 Å². The summed E-state index contributed by atoms with van der Waals surface area (Å²) in [5.74, 6) is -0.0462. The van der Waals surface area contributed by atoms with Crippen molar-refractivity contribution in [1.82, 2.24) is 20.5 Å². The summed E-state index contributed by atoms with van der Waals surface area (Å²) in [7, 11) is 0. The maximum Gasteiger partial charge on any atom is 0.437 e. The van der Waals surface area contributed by atoms with Gasteiger partial charge >= 0.3 is 12.2 Å². The number of hydrogen-bond donors (Lipinski definition) is 4. The number of fused-ring (bicyclic) bond motifs is 3. The molecule has 1 aliphatic rings. The van der Waals surface area contributed by atoms with Gasteiger partial charge in [-0.2, -0.15) is 0 Å². The number of nitrogens with zero attached hydrogens (tertiary/aromatic N) is 2. The Labute approximate surface area is 256 Å². The maximum atomic E-state index is 12.5. The van der Waals surface area contributed by atoms with E-state index in [-0.39, 0.29) is 5.96 Å². The molecule has 0 saturated heterocycles. The number of hydrogen-bond acceptors (Lipinski definition) is 6. The van der Waals surface area contributed by atoms with Gasteiger partial charge in [0.1, 0.15) is 11.2 Å². The van der Waals surface area contributed by atoms with Gasteiger partial charge in [0.05, 0.1) is 10.0 Å². The molecule has 0 saturated carbocycles. The molecule has 2 aromatic carbocycles. The van der Waals surface area contributed by atoms with Gasteiger partial charge < -0.3 is 30.0 Å². The van der Waals surface area contributed by atoms with E-state index < -0.39 is 23.4 Å². The predicted molar refractivity (Wildman–Crippen MR) is 168 cm³/mol. The van der Waals surface area contributed by atoms with Gasteiger partial charge in [-0.25, -0.2) is 9.59 Å². The first kappa shape index (κ1) is 31.5. The number of alkyl carbamates (subject to hydrolysis) is 1. The van der Waals surface area contributed by atoms with Gasteiger partial charge in [-0.15, -0.1) is 4.99 Å². The molecular weight excluding hydrogens is 579 g/mol. The number of carbonyl (C=O) groups is 2. The van der Waals surface area contributed by atoms with Gasteiger partial charge in [0, 0.05) is 47.6 Å². The molecule has 0 fully saturated rings. The van der Waals surface area contributed by atoms with Gasteiger partial charge in [0.25, 0.3) is 0 Å². The van der Waals surface area contributed by atoms with Crippen molar-refractivity contribution >= 4 is 63.6 Å². The summed E-state index contributed by atoms with van der Waals surface area (Å²) < 4.78 is 12.9. The number of benzene rings is 2. The number of rotatable bonds is 5. The highest BCUT2D eigenvalue weighted by Gasteiger charge is 2.22. The number of anilines is 2. The second kappa shape index (κ2) is 12.8. The molecule has 0 atom stereocenters. The van der Waals surface area contributed by atoms with E-state index in [2.05, 4.69) is 43.0 Å². The molecular formula is C30H38Cl2N6O4. The van der Waals surface area contributed by atoms with E-state index in [0.717, 1.165) is 41.8 Å². The van der Waals surface area contributed by atoms with Crippen LogP contribution in [0.25, 0.3) is 10.9 Å². The highest BCUT2D eigenvalue weighted by Crippen LogP contribution is 2.33. The van der Waals surface area contributed by atoms with Crippen molar-refractivity contribution in [1.29, 1.82) is 0 Å². The van der Waals surface area contributed by atoms with Gasteiger partial charge in [0.15, 0.2) is 0 Å². The van der Waals surface area contributed by atoms with E-state index in [0.29, 0.717) is 23.1 Å². The Morgan fingerprint density at radius 3 is 2.36 bits per heavy atom. The molecule has 3 aromatic rings. The Bertz CT molecular complexity index is 1500. The number of nitrogens with one attached hydrogen (secondary N) is 4. The fraction of sp³-hybridized carbons (Fsp3) is 0.433. The molecule has 0 bridgehead atoms. The van der Waals surface area contributed by atoms with Gasteiger partial charge in [-0.3, -0.25) is 5.32 Å². The maximum absolute atomic E-state index is 12.5. The first-order chi connectivity index (χ1) is 19.7. The number of carbonyl (C=O) groups excluding carboxylic acids is 2. The van der Waals surface area contributed by atoms with Crippen LogP contribution < -0.4 is 21.3 Å². The van der Waals surface area contributed by atoms with Crippen molar-refractivity contribution in [2.45, 2.75) is 72.3 Å². The third-order valence-electron chi connectivity index (χ3n) is 6.18. The lowest BCUT2D eigenvalue weighted by Crippen LogP contribution is -2.45. The van der Waals surface area contributed by atoms with Crippen LogP contribution in [0.15, 0.2) is 41.4 Å². The van der Waals surface area contributed by atoms with Gasteiger partial charge in [-0.1, -0.05) is 23.2 Å². The molecule has 0 unspecified atom stereocenters. The smallest absolute Gasteiger partial charge is 0.437 e. The van der Waals surface area contributed by atoms with Crippen LogP contribution in [0.4, 0.5) is 21.0 Å². The molecule has 4 N–H and O–H groups in total. The third kappa shape index (κ3) is 8.53. The first-order valence-electron chi connectivity index (χ1n) is 13.8. The van der Waals surface area contributed by atoms with Crippen LogP contribution in [0.3, 0.4) is 0 Å². The second-order valence-electron chi connectivity index (χ2n) is 12.0. The van der Waals surface area contributed by atoms with Crippen LogP contribution >= 0.6 is 23.2 Å². The molecule has 1 aliphatic heterocycles. The zero-order valence-electron chi connectivity index (χ0n) is 24.8. The SMILES string of the molecule is CC(C)(C)OC(=O)/N=C(/NCCn1c2c(c3cc(Nc4ccc(Cl)c(Cl)c4)ccc31)CCNC2)NC(=O)OC(C)(C)C. The quantitative estimate of drug-likeness (QED) is 0.185. The monoisotopic (exact) mass is 616 g/mol. The highest BCUT2D eigenvalue weighted by molar-refractivity contribution is 6.42. The predicted octanol–water partition coefficient (Wildman–Crippen LogP) is 6.74. The molecule has 1 aromatic heterocycles. The fourth-order valence-electron chi connectivity index (χ4n) is 4.63. The zero-order chi connectivity index (χ0) is 30.7. The number of amides is 2. The summed E-state index contributed by atoms with van der Waals surface area (Å²) in [6.45, 7) is 13.0. The minimum Gasteiger partial charge on any atom is -0.444 e. The number of guanidine groups is 1. The molecule has 2 amide bonds. The largest absolute Gasteiger partial charge is 0.444 e. The van der Waals surface area contributed by atoms with Crippen molar-refractivity contribution < 1.29 is 19.1 Å². The highest BCUT2D eigenvalue weighted by atomic mass is 35.5. The number of aromatic nitrogens is 1. The minimum atomic E-state index is -0.823. The van der Waals surface area contributed by atoms with Crippen molar-refractivity contribution in [2.75, 3.05) is 18.4 Å². The van der Waals surface area contributed by atoms with E-state index in [1.807, 2.05) is 12.1 Å². The van der Waals surface area contributed by atoms with E-state index in [1.165, 1.54) is 11.3 Å². The Balaban J connectivity index is 1.55.